The van der Waals surface area contributed by atoms with Crippen molar-refractivity contribution in [2.45, 2.75) is 45.7 Å². The van der Waals surface area contributed by atoms with E-state index in [-0.39, 0.29) is 17.8 Å². The normalized spacial score (nSPS) is 18.2. The van der Waals surface area contributed by atoms with Gasteiger partial charge in [-0.2, -0.15) is 4.98 Å². The maximum Gasteiger partial charge on any atom is 0.306 e. The SMILES string of the molecule is CC(C)Cc1ccc(-c2nc(-c3ccc(CNC4CC(C(=O)O)C4)c(F)c3)no2)cc1. The van der Waals surface area contributed by atoms with Crippen LogP contribution in [-0.2, 0) is 17.8 Å². The van der Waals surface area contributed by atoms with E-state index in [1.54, 1.807) is 12.1 Å². The lowest BCUT2D eigenvalue weighted by Crippen LogP contribution is -2.43. The molecule has 1 fully saturated rings. The minimum Gasteiger partial charge on any atom is -0.481 e. The monoisotopic (exact) mass is 423 g/mol. The molecule has 0 saturated heterocycles. The van der Waals surface area contributed by atoms with E-state index in [2.05, 4.69) is 41.4 Å². The molecule has 3 aromatic rings. The number of halogens is 1. The van der Waals surface area contributed by atoms with Crippen molar-refractivity contribution in [3.05, 3.63) is 59.4 Å². The van der Waals surface area contributed by atoms with Gasteiger partial charge in [0, 0.05) is 29.3 Å². The Hall–Kier alpha value is -3.06. The minimum atomic E-state index is -0.764. The molecule has 31 heavy (non-hydrogen) atoms. The molecule has 0 amide bonds. The summed E-state index contributed by atoms with van der Waals surface area (Å²) < 4.78 is 20.0. The number of carboxylic acids is 1. The highest BCUT2D eigenvalue weighted by molar-refractivity contribution is 5.71. The van der Waals surface area contributed by atoms with Gasteiger partial charge in [-0.15, -0.1) is 0 Å². The molecular formula is C24H26FN3O3. The van der Waals surface area contributed by atoms with Gasteiger partial charge in [-0.25, -0.2) is 4.39 Å². The summed E-state index contributed by atoms with van der Waals surface area (Å²) >= 11 is 0. The third-order valence-electron chi connectivity index (χ3n) is 5.65. The van der Waals surface area contributed by atoms with Crippen LogP contribution in [0.4, 0.5) is 4.39 Å². The molecular weight excluding hydrogens is 397 g/mol. The third-order valence-corrected chi connectivity index (χ3v) is 5.65. The lowest BCUT2D eigenvalue weighted by atomic mass is 9.80. The van der Waals surface area contributed by atoms with Crippen LogP contribution >= 0.6 is 0 Å². The fourth-order valence-electron chi connectivity index (χ4n) is 3.78. The number of carboxylic acid groups (broad SMARTS) is 1. The predicted octanol–water partition coefficient (Wildman–Crippen LogP) is 4.69. The predicted molar refractivity (Wildman–Crippen MR) is 115 cm³/mol. The van der Waals surface area contributed by atoms with Gasteiger partial charge in [0.25, 0.3) is 5.89 Å². The van der Waals surface area contributed by atoms with Crippen molar-refractivity contribution < 1.29 is 18.8 Å². The molecule has 1 heterocycles. The average Bonchev–Trinajstić information content (AvgIpc) is 3.18. The Labute approximate surface area is 180 Å². The van der Waals surface area contributed by atoms with Gasteiger partial charge in [-0.1, -0.05) is 43.3 Å². The zero-order valence-electron chi connectivity index (χ0n) is 17.6. The van der Waals surface area contributed by atoms with E-state index in [0.717, 1.165) is 12.0 Å². The van der Waals surface area contributed by atoms with Crippen LogP contribution in [0.2, 0.25) is 0 Å². The molecule has 2 aromatic carbocycles. The molecule has 0 bridgehead atoms. The maximum atomic E-state index is 14.6. The van der Waals surface area contributed by atoms with Crippen molar-refractivity contribution in [3.8, 4) is 22.8 Å². The Morgan fingerprint density at radius 3 is 2.55 bits per heavy atom. The quantitative estimate of drug-likeness (QED) is 0.546. The number of aromatic nitrogens is 2. The van der Waals surface area contributed by atoms with E-state index in [9.17, 15) is 9.18 Å². The van der Waals surface area contributed by atoms with Gasteiger partial charge in [0.15, 0.2) is 0 Å². The van der Waals surface area contributed by atoms with E-state index in [4.69, 9.17) is 9.63 Å². The van der Waals surface area contributed by atoms with Crippen molar-refractivity contribution in [1.82, 2.24) is 15.5 Å². The number of hydrogen-bond donors (Lipinski definition) is 2. The molecule has 1 aliphatic rings. The highest BCUT2D eigenvalue weighted by atomic mass is 19.1. The Morgan fingerprint density at radius 2 is 1.90 bits per heavy atom. The molecule has 4 rings (SSSR count). The van der Waals surface area contributed by atoms with Gasteiger partial charge < -0.3 is 14.9 Å². The van der Waals surface area contributed by atoms with Crippen LogP contribution in [0.25, 0.3) is 22.8 Å². The molecule has 1 aliphatic carbocycles. The van der Waals surface area contributed by atoms with Crippen LogP contribution in [0.3, 0.4) is 0 Å². The topological polar surface area (TPSA) is 88.2 Å². The van der Waals surface area contributed by atoms with Crippen molar-refractivity contribution >= 4 is 5.97 Å². The number of nitrogens with one attached hydrogen (secondary N) is 1. The van der Waals surface area contributed by atoms with Crippen molar-refractivity contribution in [3.63, 3.8) is 0 Å². The fourth-order valence-corrected chi connectivity index (χ4v) is 3.78. The second-order valence-electron chi connectivity index (χ2n) is 8.61. The lowest BCUT2D eigenvalue weighted by Gasteiger charge is -2.33. The van der Waals surface area contributed by atoms with Crippen molar-refractivity contribution in [1.29, 1.82) is 0 Å². The Balaban J connectivity index is 1.39. The summed E-state index contributed by atoms with van der Waals surface area (Å²) in [6.45, 7) is 4.71. The van der Waals surface area contributed by atoms with Crippen LogP contribution in [0.5, 0.6) is 0 Å². The second kappa shape index (κ2) is 8.98. The first-order valence-corrected chi connectivity index (χ1v) is 10.6. The first kappa shape index (κ1) is 21.2. The summed E-state index contributed by atoms with van der Waals surface area (Å²) in [7, 11) is 0. The first-order chi connectivity index (χ1) is 14.9. The van der Waals surface area contributed by atoms with E-state index in [1.807, 2.05) is 12.1 Å². The number of carbonyl (C=O) groups is 1. The summed E-state index contributed by atoms with van der Waals surface area (Å²) in [5.41, 5.74) is 3.15. The molecule has 7 heteroatoms. The molecule has 1 saturated carbocycles. The molecule has 0 aliphatic heterocycles. The average molecular weight is 423 g/mol. The van der Waals surface area contributed by atoms with Crippen LogP contribution in [0, 0.1) is 17.7 Å². The van der Waals surface area contributed by atoms with Crippen LogP contribution in [-0.4, -0.2) is 27.3 Å². The highest BCUT2D eigenvalue weighted by Crippen LogP contribution is 2.28. The smallest absolute Gasteiger partial charge is 0.306 e. The number of benzene rings is 2. The van der Waals surface area contributed by atoms with Gasteiger partial charge in [-0.3, -0.25) is 4.79 Å². The van der Waals surface area contributed by atoms with Crippen LogP contribution < -0.4 is 5.32 Å². The van der Waals surface area contributed by atoms with Crippen LogP contribution in [0.15, 0.2) is 47.0 Å². The summed E-state index contributed by atoms with van der Waals surface area (Å²) in [6, 6.07) is 13.0. The summed E-state index contributed by atoms with van der Waals surface area (Å²) in [6.07, 6.45) is 2.18. The summed E-state index contributed by atoms with van der Waals surface area (Å²) in [5, 5.41) is 16.1. The maximum absolute atomic E-state index is 14.6. The van der Waals surface area contributed by atoms with Gasteiger partial charge in [-0.05, 0) is 48.9 Å². The standard InChI is InChI=1S/C24H26FN3O3/c1-14(2)9-15-3-5-16(6-4-15)23-27-22(28-31-23)17-7-8-18(21(25)12-17)13-26-20-10-19(11-20)24(29)30/h3-8,12,14,19-20,26H,9-11,13H2,1-2H3,(H,29,30). The number of hydrogen-bond acceptors (Lipinski definition) is 5. The molecule has 0 atom stereocenters. The van der Waals surface area contributed by atoms with Gasteiger partial charge in [0.1, 0.15) is 5.82 Å². The van der Waals surface area contributed by atoms with E-state index in [1.165, 1.54) is 11.6 Å². The van der Waals surface area contributed by atoms with Crippen LogP contribution in [0.1, 0.15) is 37.8 Å². The largest absolute Gasteiger partial charge is 0.481 e. The Morgan fingerprint density at radius 1 is 1.19 bits per heavy atom. The fraction of sp³-hybridized carbons (Fsp3) is 0.375. The minimum absolute atomic E-state index is 0.117. The zero-order chi connectivity index (χ0) is 22.0. The molecule has 6 nitrogen and oxygen atoms in total. The molecule has 0 spiro atoms. The summed E-state index contributed by atoms with van der Waals surface area (Å²) in [5.74, 6) is -0.0888. The van der Waals surface area contributed by atoms with E-state index in [0.29, 0.717) is 48.1 Å². The zero-order valence-corrected chi connectivity index (χ0v) is 17.6. The van der Waals surface area contributed by atoms with Gasteiger partial charge in [0.05, 0.1) is 5.92 Å². The summed E-state index contributed by atoms with van der Waals surface area (Å²) in [4.78, 5) is 15.3. The van der Waals surface area contributed by atoms with Gasteiger partial charge >= 0.3 is 5.97 Å². The Bertz CT molecular complexity index is 1060. The van der Waals surface area contributed by atoms with Crippen molar-refractivity contribution in [2.24, 2.45) is 11.8 Å². The molecule has 2 N–H and O–H groups in total. The molecule has 0 unspecified atom stereocenters. The highest BCUT2D eigenvalue weighted by Gasteiger charge is 2.33. The Kier molecular flexibility index (Phi) is 6.13. The van der Waals surface area contributed by atoms with Crippen molar-refractivity contribution in [2.75, 3.05) is 0 Å². The molecule has 0 radical (unpaired) electrons. The first-order valence-electron chi connectivity index (χ1n) is 10.6. The number of rotatable bonds is 8. The number of nitrogens with zero attached hydrogens (tertiary/aromatic N) is 2. The lowest BCUT2D eigenvalue weighted by molar-refractivity contribution is -0.145. The van der Waals surface area contributed by atoms with E-state index < -0.39 is 5.97 Å². The second-order valence-corrected chi connectivity index (χ2v) is 8.61. The number of aliphatic carboxylic acids is 1. The third kappa shape index (κ3) is 4.99. The molecule has 162 valence electrons. The molecule has 1 aromatic heterocycles. The van der Waals surface area contributed by atoms with Gasteiger partial charge in [0.2, 0.25) is 5.82 Å². The van der Waals surface area contributed by atoms with E-state index >= 15 is 0 Å².